The second kappa shape index (κ2) is 7.20. The van der Waals surface area contributed by atoms with Gasteiger partial charge in [0.05, 0.1) is 12.1 Å². The Hall–Kier alpha value is -2.31. The minimum absolute atomic E-state index is 0.209. The molecule has 1 aromatic rings. The van der Waals surface area contributed by atoms with Crippen LogP contribution in [0.5, 0.6) is 0 Å². The molecule has 6 heteroatoms. The first-order valence-corrected chi connectivity index (χ1v) is 6.55. The lowest BCUT2D eigenvalue weighted by Gasteiger charge is -2.10. The third-order valence-electron chi connectivity index (χ3n) is 2.32. The average Bonchev–Trinajstić information content (AvgIpc) is 2.44. The van der Waals surface area contributed by atoms with E-state index < -0.39 is 17.9 Å². The molecule has 0 saturated carbocycles. The van der Waals surface area contributed by atoms with Crippen molar-refractivity contribution in [3.63, 3.8) is 0 Å². The molecule has 0 fully saturated rings. The fourth-order valence-corrected chi connectivity index (χ4v) is 1.97. The monoisotopic (exact) mass is 273 g/mol. The summed E-state index contributed by atoms with van der Waals surface area (Å²) in [5, 5.41) is 27.1. The van der Waals surface area contributed by atoms with Gasteiger partial charge in [-0.15, -0.1) is 11.8 Å². The van der Waals surface area contributed by atoms with Gasteiger partial charge in [0.1, 0.15) is 5.04 Å². The predicted molar refractivity (Wildman–Crippen MR) is 72.5 cm³/mol. The predicted octanol–water partition coefficient (Wildman–Crippen LogP) is 2.24. The Balaban J connectivity index is 3.18. The van der Waals surface area contributed by atoms with Gasteiger partial charge in [0.2, 0.25) is 0 Å². The van der Waals surface area contributed by atoms with Crippen molar-refractivity contribution in [2.75, 3.05) is 6.26 Å². The molecule has 0 spiro atoms. The Kier molecular flexibility index (Phi) is 5.59. The topological polar surface area (TPSA) is 97.2 Å². The zero-order chi connectivity index (χ0) is 14.3. The molecule has 0 radical (unpaired) electrons. The summed E-state index contributed by atoms with van der Waals surface area (Å²) in [6.07, 6.45) is 1.66. The molecule has 1 atom stereocenters. The van der Waals surface area contributed by atoms with E-state index in [-0.39, 0.29) is 5.04 Å². The molecule has 0 heterocycles. The van der Waals surface area contributed by atoms with Gasteiger partial charge < -0.3 is 5.11 Å². The molecule has 19 heavy (non-hydrogen) atoms. The first kappa shape index (κ1) is 14.7. The Morgan fingerprint density at radius 2 is 1.89 bits per heavy atom. The number of carbonyl (C=O) groups is 1. The van der Waals surface area contributed by atoms with Gasteiger partial charge in [-0.1, -0.05) is 30.3 Å². The molecule has 1 rings (SSSR count). The number of nitrogens with zero attached hydrogens (tertiary/aromatic N) is 3. The maximum atomic E-state index is 11.3. The van der Waals surface area contributed by atoms with Crippen molar-refractivity contribution >= 4 is 22.8 Å². The molecule has 96 valence electrons. The molecule has 5 nitrogen and oxygen atoms in total. The number of aliphatic carboxylic acids is 1. The van der Waals surface area contributed by atoms with E-state index in [9.17, 15) is 9.90 Å². The SMILES string of the molecule is CSC(=N[C@H](C(=O)O)c1ccccc1)C(C#N)C#N. The zero-order valence-electron chi connectivity index (χ0n) is 10.1. The third-order valence-corrected chi connectivity index (χ3v) is 3.08. The van der Waals surface area contributed by atoms with Crippen LogP contribution >= 0.6 is 11.8 Å². The maximum Gasteiger partial charge on any atom is 0.333 e. The molecule has 0 bridgehead atoms. The number of aliphatic imine (C=N–C) groups is 1. The Bertz CT molecular complexity index is 543. The second-order valence-corrected chi connectivity index (χ2v) is 4.34. The van der Waals surface area contributed by atoms with Crippen LogP contribution in [0.2, 0.25) is 0 Å². The van der Waals surface area contributed by atoms with Gasteiger partial charge >= 0.3 is 5.97 Å². The van der Waals surface area contributed by atoms with Crippen molar-refractivity contribution in [1.29, 1.82) is 10.5 Å². The molecule has 0 amide bonds. The molecular formula is C13H11N3O2S. The third kappa shape index (κ3) is 3.84. The van der Waals surface area contributed by atoms with Gasteiger partial charge in [0, 0.05) is 0 Å². The van der Waals surface area contributed by atoms with Crippen molar-refractivity contribution in [3.8, 4) is 12.1 Å². The van der Waals surface area contributed by atoms with E-state index in [1.807, 2.05) is 0 Å². The van der Waals surface area contributed by atoms with Crippen molar-refractivity contribution in [3.05, 3.63) is 35.9 Å². The zero-order valence-corrected chi connectivity index (χ0v) is 11.0. The van der Waals surface area contributed by atoms with Crippen molar-refractivity contribution in [2.24, 2.45) is 10.9 Å². The second-order valence-electron chi connectivity index (χ2n) is 3.51. The standard InChI is InChI=1S/C13H11N3O2S/c1-19-12(10(7-14)8-15)16-11(13(17)18)9-5-3-2-4-6-9/h2-6,10-11H,1H3,(H,17,18)/t11-/m0/s1. The number of carboxylic acid groups (broad SMARTS) is 1. The molecule has 1 aromatic carbocycles. The van der Waals surface area contributed by atoms with Crippen LogP contribution in [0.3, 0.4) is 0 Å². The van der Waals surface area contributed by atoms with Crippen molar-refractivity contribution in [2.45, 2.75) is 6.04 Å². The molecule has 0 aliphatic heterocycles. The summed E-state index contributed by atoms with van der Waals surface area (Å²) < 4.78 is 0. The van der Waals surface area contributed by atoms with Crippen LogP contribution in [0.25, 0.3) is 0 Å². The van der Waals surface area contributed by atoms with Gasteiger partial charge in [-0.05, 0) is 11.8 Å². The molecule has 0 aromatic heterocycles. The molecule has 0 aliphatic carbocycles. The van der Waals surface area contributed by atoms with Crippen LogP contribution in [0.15, 0.2) is 35.3 Å². The van der Waals surface area contributed by atoms with Crippen LogP contribution in [0, 0.1) is 28.6 Å². The van der Waals surface area contributed by atoms with E-state index in [2.05, 4.69) is 4.99 Å². The number of carboxylic acids is 1. The summed E-state index contributed by atoms with van der Waals surface area (Å²) in [7, 11) is 0. The van der Waals surface area contributed by atoms with Crippen LogP contribution < -0.4 is 0 Å². The van der Waals surface area contributed by atoms with Crippen LogP contribution in [-0.2, 0) is 4.79 Å². The first-order chi connectivity index (χ1) is 9.13. The summed E-state index contributed by atoms with van der Waals surface area (Å²) >= 11 is 1.11. The smallest absolute Gasteiger partial charge is 0.333 e. The highest BCUT2D eigenvalue weighted by Crippen LogP contribution is 2.21. The number of benzene rings is 1. The number of hydrogen-bond donors (Lipinski definition) is 1. The Morgan fingerprint density at radius 3 is 2.32 bits per heavy atom. The number of nitriles is 2. The Morgan fingerprint density at radius 1 is 1.32 bits per heavy atom. The fourth-order valence-electron chi connectivity index (χ4n) is 1.42. The van der Waals surface area contributed by atoms with Crippen LogP contribution in [0.1, 0.15) is 11.6 Å². The molecule has 1 N–H and O–H groups in total. The van der Waals surface area contributed by atoms with Gasteiger partial charge in [-0.2, -0.15) is 10.5 Å². The van der Waals surface area contributed by atoms with Crippen LogP contribution in [-0.4, -0.2) is 22.4 Å². The van der Waals surface area contributed by atoms with E-state index >= 15 is 0 Å². The summed E-state index contributed by atoms with van der Waals surface area (Å²) in [6.45, 7) is 0. The lowest BCUT2D eigenvalue weighted by Crippen LogP contribution is -2.14. The largest absolute Gasteiger partial charge is 0.479 e. The number of rotatable bonds is 4. The van der Waals surface area contributed by atoms with E-state index in [1.165, 1.54) is 0 Å². The summed E-state index contributed by atoms with van der Waals surface area (Å²) in [4.78, 5) is 15.3. The van der Waals surface area contributed by atoms with Gasteiger partial charge in [-0.3, -0.25) is 4.99 Å². The lowest BCUT2D eigenvalue weighted by atomic mass is 10.1. The quantitative estimate of drug-likeness (QED) is 0.670. The highest BCUT2D eigenvalue weighted by Gasteiger charge is 2.22. The number of hydrogen-bond acceptors (Lipinski definition) is 5. The Labute approximate surface area is 115 Å². The van der Waals surface area contributed by atoms with Crippen molar-refractivity contribution in [1.82, 2.24) is 0 Å². The van der Waals surface area contributed by atoms with Gasteiger partial charge in [-0.25, -0.2) is 4.79 Å². The summed E-state index contributed by atoms with van der Waals surface area (Å²) in [6, 6.07) is 11.0. The van der Waals surface area contributed by atoms with Crippen molar-refractivity contribution < 1.29 is 9.90 Å². The highest BCUT2D eigenvalue weighted by atomic mass is 32.2. The molecule has 0 aliphatic rings. The summed E-state index contributed by atoms with van der Waals surface area (Å²) in [5.74, 6) is -2.16. The first-order valence-electron chi connectivity index (χ1n) is 5.32. The molecule has 0 saturated heterocycles. The van der Waals surface area contributed by atoms with E-state index in [0.29, 0.717) is 5.56 Å². The lowest BCUT2D eigenvalue weighted by molar-refractivity contribution is -0.138. The minimum atomic E-state index is -1.12. The van der Waals surface area contributed by atoms with Gasteiger partial charge in [0.15, 0.2) is 12.0 Å². The van der Waals surface area contributed by atoms with E-state index in [0.717, 1.165) is 11.8 Å². The van der Waals surface area contributed by atoms with E-state index in [1.54, 1.807) is 48.7 Å². The maximum absolute atomic E-state index is 11.3. The summed E-state index contributed by atoms with van der Waals surface area (Å²) in [5.41, 5.74) is 0.510. The average molecular weight is 273 g/mol. The highest BCUT2D eigenvalue weighted by molar-refractivity contribution is 8.13. The molecular weight excluding hydrogens is 262 g/mol. The van der Waals surface area contributed by atoms with Crippen LogP contribution in [0.4, 0.5) is 0 Å². The van der Waals surface area contributed by atoms with E-state index in [4.69, 9.17) is 10.5 Å². The normalized spacial score (nSPS) is 12.5. The number of thioether (sulfide) groups is 1. The van der Waals surface area contributed by atoms with Gasteiger partial charge in [0.25, 0.3) is 0 Å². The molecule has 0 unspecified atom stereocenters. The fraction of sp³-hybridized carbons (Fsp3) is 0.231. The minimum Gasteiger partial charge on any atom is -0.479 e.